The van der Waals surface area contributed by atoms with Crippen LogP contribution in [0.4, 0.5) is 5.69 Å². The maximum atomic E-state index is 11.8. The number of unbranched alkanes of at least 4 members (excludes halogenated alkanes) is 1. The van der Waals surface area contributed by atoms with Crippen LogP contribution in [-0.4, -0.2) is 55.0 Å². The number of aryl methyl sites for hydroxylation is 1. The Bertz CT molecular complexity index is 667. The fourth-order valence-corrected chi connectivity index (χ4v) is 3.36. The van der Waals surface area contributed by atoms with Gasteiger partial charge in [0, 0.05) is 38.8 Å². The molecule has 0 unspecified atom stereocenters. The third-order valence-corrected chi connectivity index (χ3v) is 4.95. The number of rotatable bonds is 8. The number of esters is 1. The Labute approximate surface area is 166 Å². The molecule has 0 atom stereocenters. The van der Waals surface area contributed by atoms with E-state index in [0.29, 0.717) is 6.61 Å². The number of carbonyl (C=O) groups is 1. The number of aliphatic imine (C=N–C) groups is 1. The topological polar surface area (TPSA) is 97.1 Å². The summed E-state index contributed by atoms with van der Waals surface area (Å²) in [5.41, 5.74) is 1.23. The molecule has 1 N–H and O–H groups in total. The smallest absolute Gasteiger partial charge is 0.309 e. The Hall–Kier alpha value is -2.64. The van der Waals surface area contributed by atoms with Crippen LogP contribution in [0.2, 0.25) is 0 Å². The number of likely N-dealkylation sites (tertiary alicyclic amines) is 1. The molecule has 8 nitrogen and oxygen atoms in total. The second kappa shape index (κ2) is 11.3. The Balaban J connectivity index is 1.66. The lowest BCUT2D eigenvalue weighted by atomic mass is 9.97. The van der Waals surface area contributed by atoms with E-state index in [2.05, 4.69) is 15.2 Å². The van der Waals surface area contributed by atoms with Crippen molar-refractivity contribution in [3.8, 4) is 0 Å². The van der Waals surface area contributed by atoms with Gasteiger partial charge in [-0.3, -0.25) is 19.9 Å². The molecule has 2 rings (SSSR count). The summed E-state index contributed by atoms with van der Waals surface area (Å²) < 4.78 is 5.11. The Morgan fingerprint density at radius 3 is 2.54 bits per heavy atom. The van der Waals surface area contributed by atoms with Crippen molar-refractivity contribution in [2.24, 2.45) is 10.9 Å². The number of benzene rings is 1. The molecule has 1 aliphatic heterocycles. The zero-order chi connectivity index (χ0) is 20.4. The van der Waals surface area contributed by atoms with Gasteiger partial charge in [0.05, 0.1) is 17.4 Å². The quantitative estimate of drug-likeness (QED) is 0.183. The molecule has 8 heteroatoms. The van der Waals surface area contributed by atoms with Crippen molar-refractivity contribution >= 4 is 17.6 Å². The minimum atomic E-state index is -0.380. The van der Waals surface area contributed by atoms with Crippen LogP contribution in [0.1, 0.15) is 38.2 Å². The van der Waals surface area contributed by atoms with Gasteiger partial charge in [-0.25, -0.2) is 0 Å². The van der Waals surface area contributed by atoms with Crippen LogP contribution in [0.5, 0.6) is 0 Å². The second-order valence-electron chi connectivity index (χ2n) is 6.87. The predicted octanol–water partition coefficient (Wildman–Crippen LogP) is 2.77. The summed E-state index contributed by atoms with van der Waals surface area (Å²) in [7, 11) is 1.77. The summed E-state index contributed by atoms with van der Waals surface area (Å²) in [6, 6.07) is 6.74. The molecule has 1 heterocycles. The number of ether oxygens (including phenoxy) is 1. The molecule has 0 spiro atoms. The predicted molar refractivity (Wildman–Crippen MR) is 108 cm³/mol. The van der Waals surface area contributed by atoms with Gasteiger partial charge in [0.2, 0.25) is 0 Å². The van der Waals surface area contributed by atoms with E-state index in [1.165, 1.54) is 0 Å². The molecule has 0 bridgehead atoms. The van der Waals surface area contributed by atoms with Crippen LogP contribution in [0.3, 0.4) is 0 Å². The highest BCUT2D eigenvalue weighted by Gasteiger charge is 2.27. The van der Waals surface area contributed by atoms with Gasteiger partial charge in [0.25, 0.3) is 5.69 Å². The van der Waals surface area contributed by atoms with Crippen molar-refractivity contribution in [3.63, 3.8) is 0 Å². The third-order valence-electron chi connectivity index (χ3n) is 4.95. The lowest BCUT2D eigenvalue weighted by molar-refractivity contribution is -0.384. The maximum Gasteiger partial charge on any atom is 0.309 e. The lowest BCUT2D eigenvalue weighted by Crippen LogP contribution is -2.46. The summed E-state index contributed by atoms with van der Waals surface area (Å²) >= 11 is 0. The van der Waals surface area contributed by atoms with Gasteiger partial charge in [-0.1, -0.05) is 12.1 Å². The SMILES string of the molecule is CCOC(=O)C1CCN(C(=NC)NCCCCc2ccc([N+](=O)[O-])cc2)CC1. The first kappa shape index (κ1) is 21.7. The van der Waals surface area contributed by atoms with E-state index in [1.54, 1.807) is 19.2 Å². The molecule has 0 aliphatic carbocycles. The molecule has 1 saturated heterocycles. The molecule has 0 radical (unpaired) electrons. The van der Waals surface area contributed by atoms with Crippen molar-refractivity contribution in [1.29, 1.82) is 0 Å². The highest BCUT2D eigenvalue weighted by Crippen LogP contribution is 2.19. The molecule has 1 aromatic carbocycles. The maximum absolute atomic E-state index is 11.8. The van der Waals surface area contributed by atoms with Gasteiger partial charge in [-0.05, 0) is 44.6 Å². The number of carbonyl (C=O) groups excluding carboxylic acids is 1. The first-order chi connectivity index (χ1) is 13.5. The first-order valence-corrected chi connectivity index (χ1v) is 9.90. The van der Waals surface area contributed by atoms with E-state index in [-0.39, 0.29) is 22.5 Å². The van der Waals surface area contributed by atoms with Crippen molar-refractivity contribution in [3.05, 3.63) is 39.9 Å². The minimum absolute atomic E-state index is 0.00370. The molecule has 28 heavy (non-hydrogen) atoms. The molecule has 0 saturated carbocycles. The fourth-order valence-electron chi connectivity index (χ4n) is 3.36. The molecule has 1 fully saturated rings. The van der Waals surface area contributed by atoms with Crippen molar-refractivity contribution in [2.45, 2.75) is 39.0 Å². The number of nitro benzene ring substituents is 1. The Morgan fingerprint density at radius 2 is 1.96 bits per heavy atom. The van der Waals surface area contributed by atoms with Crippen LogP contribution in [0.15, 0.2) is 29.3 Å². The van der Waals surface area contributed by atoms with Crippen LogP contribution in [0.25, 0.3) is 0 Å². The number of nitrogens with zero attached hydrogens (tertiary/aromatic N) is 3. The normalized spacial score (nSPS) is 15.4. The molecular formula is C20H30N4O4. The standard InChI is InChI=1S/C20H30N4O4/c1-3-28-19(25)17-11-14-23(15-12-17)20(21-2)22-13-5-4-6-16-7-9-18(10-8-16)24(26)27/h7-10,17H,3-6,11-15H2,1-2H3,(H,21,22). The number of piperidine rings is 1. The van der Waals surface area contributed by atoms with Crippen molar-refractivity contribution in [2.75, 3.05) is 33.3 Å². The summed E-state index contributed by atoms with van der Waals surface area (Å²) in [6.45, 7) is 4.68. The van der Waals surface area contributed by atoms with Crippen LogP contribution < -0.4 is 5.32 Å². The summed E-state index contributed by atoms with van der Waals surface area (Å²) in [5, 5.41) is 14.1. The second-order valence-corrected chi connectivity index (χ2v) is 6.87. The molecule has 154 valence electrons. The van der Waals surface area contributed by atoms with Crippen molar-refractivity contribution < 1.29 is 14.5 Å². The van der Waals surface area contributed by atoms with E-state index in [1.807, 2.05) is 19.1 Å². The highest BCUT2D eigenvalue weighted by atomic mass is 16.6. The van der Waals surface area contributed by atoms with Crippen molar-refractivity contribution in [1.82, 2.24) is 10.2 Å². The van der Waals surface area contributed by atoms with Crippen LogP contribution in [0, 0.1) is 16.0 Å². The summed E-state index contributed by atoms with van der Waals surface area (Å²) in [6.07, 6.45) is 4.45. The zero-order valence-corrected chi connectivity index (χ0v) is 16.7. The van der Waals surface area contributed by atoms with E-state index in [0.717, 1.165) is 63.3 Å². The third kappa shape index (κ3) is 6.51. The lowest BCUT2D eigenvalue weighted by Gasteiger charge is -2.33. The summed E-state index contributed by atoms with van der Waals surface area (Å²) in [4.78, 5) is 28.7. The van der Waals surface area contributed by atoms with Gasteiger partial charge in [0.15, 0.2) is 5.96 Å². The van der Waals surface area contributed by atoms with Gasteiger partial charge >= 0.3 is 5.97 Å². The number of guanidine groups is 1. The first-order valence-electron chi connectivity index (χ1n) is 9.90. The largest absolute Gasteiger partial charge is 0.466 e. The average Bonchev–Trinajstić information content (AvgIpc) is 2.71. The van der Waals surface area contributed by atoms with E-state index in [9.17, 15) is 14.9 Å². The monoisotopic (exact) mass is 390 g/mol. The van der Waals surface area contributed by atoms with Gasteiger partial charge in [0.1, 0.15) is 0 Å². The Morgan fingerprint density at radius 1 is 1.29 bits per heavy atom. The molecule has 1 aromatic rings. The number of nitro groups is 1. The molecule has 1 aliphatic rings. The number of nitrogens with one attached hydrogen (secondary N) is 1. The average molecular weight is 390 g/mol. The minimum Gasteiger partial charge on any atom is -0.466 e. The Kier molecular flexibility index (Phi) is 8.71. The van der Waals surface area contributed by atoms with Gasteiger partial charge in [-0.2, -0.15) is 0 Å². The molecule has 0 aromatic heterocycles. The fraction of sp³-hybridized carbons (Fsp3) is 0.600. The van der Waals surface area contributed by atoms with Crippen LogP contribution >= 0.6 is 0 Å². The van der Waals surface area contributed by atoms with Gasteiger partial charge in [-0.15, -0.1) is 0 Å². The number of non-ortho nitro benzene ring substituents is 1. The van der Waals surface area contributed by atoms with E-state index < -0.39 is 0 Å². The number of hydrogen-bond acceptors (Lipinski definition) is 5. The zero-order valence-electron chi connectivity index (χ0n) is 16.7. The number of hydrogen-bond donors (Lipinski definition) is 1. The van der Waals surface area contributed by atoms with Crippen LogP contribution in [-0.2, 0) is 16.0 Å². The van der Waals surface area contributed by atoms with E-state index in [4.69, 9.17) is 4.74 Å². The molecule has 0 amide bonds. The van der Waals surface area contributed by atoms with Gasteiger partial charge < -0.3 is 15.0 Å². The van der Waals surface area contributed by atoms with E-state index >= 15 is 0 Å². The summed E-state index contributed by atoms with van der Waals surface area (Å²) in [5.74, 6) is 0.782. The highest BCUT2D eigenvalue weighted by molar-refractivity contribution is 5.80. The molecular weight excluding hydrogens is 360 g/mol.